The van der Waals surface area contributed by atoms with Gasteiger partial charge < -0.3 is 14.2 Å². The Morgan fingerprint density at radius 2 is 1.54 bits per heavy atom. The molecule has 0 spiro atoms. The van der Waals surface area contributed by atoms with Crippen LogP contribution in [0.4, 0.5) is 5.13 Å². The van der Waals surface area contributed by atoms with Crippen LogP contribution >= 0.6 is 11.3 Å². The van der Waals surface area contributed by atoms with Crippen LogP contribution in [0.25, 0.3) is 21.0 Å². The monoisotopic (exact) mass is 394 g/mol. The van der Waals surface area contributed by atoms with Gasteiger partial charge in [-0.3, -0.25) is 10.1 Å². The number of thiazole rings is 1. The molecule has 0 aliphatic rings. The van der Waals surface area contributed by atoms with Crippen LogP contribution in [0.15, 0.2) is 48.5 Å². The lowest BCUT2D eigenvalue weighted by Crippen LogP contribution is -2.13. The summed E-state index contributed by atoms with van der Waals surface area (Å²) in [6.45, 7) is 0. The van der Waals surface area contributed by atoms with Gasteiger partial charge in [-0.15, -0.1) is 0 Å². The number of hydrogen-bond acceptors (Lipinski definition) is 6. The second kappa shape index (κ2) is 7.36. The van der Waals surface area contributed by atoms with Crippen molar-refractivity contribution < 1.29 is 19.0 Å². The molecule has 4 rings (SSSR count). The van der Waals surface area contributed by atoms with Crippen LogP contribution in [0, 0.1) is 0 Å². The highest BCUT2D eigenvalue weighted by Crippen LogP contribution is 2.36. The summed E-state index contributed by atoms with van der Waals surface area (Å²) in [5.74, 6) is 1.45. The van der Waals surface area contributed by atoms with Crippen molar-refractivity contribution in [2.75, 3.05) is 26.6 Å². The van der Waals surface area contributed by atoms with E-state index >= 15 is 0 Å². The van der Waals surface area contributed by atoms with Gasteiger partial charge in [-0.1, -0.05) is 35.6 Å². The fraction of sp³-hybridized carbons (Fsp3) is 0.143. The molecule has 1 amide bonds. The SMILES string of the molecule is COc1cc2nc(NC(=O)c3cc4ccccc4cc3OC)sc2cc1OC. The summed E-state index contributed by atoms with van der Waals surface area (Å²) >= 11 is 1.37. The number of amides is 1. The summed E-state index contributed by atoms with van der Waals surface area (Å²) in [7, 11) is 4.71. The van der Waals surface area contributed by atoms with Gasteiger partial charge in [-0.2, -0.15) is 0 Å². The minimum atomic E-state index is -0.277. The Bertz CT molecular complexity index is 1140. The molecule has 0 unspecified atom stereocenters. The Balaban J connectivity index is 1.69. The van der Waals surface area contributed by atoms with Gasteiger partial charge in [0.25, 0.3) is 5.91 Å². The number of methoxy groups -OCH3 is 3. The van der Waals surface area contributed by atoms with E-state index in [1.807, 2.05) is 42.5 Å². The fourth-order valence-corrected chi connectivity index (χ4v) is 3.91. The van der Waals surface area contributed by atoms with E-state index in [2.05, 4.69) is 10.3 Å². The second-order valence-electron chi connectivity index (χ2n) is 6.05. The number of anilines is 1. The lowest BCUT2D eigenvalue weighted by Gasteiger charge is -2.09. The number of nitrogens with zero attached hydrogens (tertiary/aromatic N) is 1. The summed E-state index contributed by atoms with van der Waals surface area (Å²) < 4.78 is 16.9. The molecule has 4 aromatic rings. The molecular formula is C21H18N2O4S. The maximum Gasteiger partial charge on any atom is 0.261 e. The minimum absolute atomic E-state index is 0.277. The third-order valence-corrected chi connectivity index (χ3v) is 5.36. The first-order valence-electron chi connectivity index (χ1n) is 8.53. The van der Waals surface area contributed by atoms with Crippen molar-refractivity contribution in [3.8, 4) is 17.2 Å². The molecule has 0 aliphatic heterocycles. The molecule has 1 aromatic heterocycles. The topological polar surface area (TPSA) is 69.7 Å². The smallest absolute Gasteiger partial charge is 0.261 e. The number of carbonyl (C=O) groups is 1. The van der Waals surface area contributed by atoms with E-state index in [1.54, 1.807) is 27.4 Å². The van der Waals surface area contributed by atoms with Crippen LogP contribution in [-0.4, -0.2) is 32.2 Å². The van der Waals surface area contributed by atoms with E-state index in [4.69, 9.17) is 14.2 Å². The average Bonchev–Trinajstić information content (AvgIpc) is 3.12. The molecule has 0 saturated carbocycles. The van der Waals surface area contributed by atoms with Crippen LogP contribution in [-0.2, 0) is 0 Å². The molecule has 0 radical (unpaired) electrons. The van der Waals surface area contributed by atoms with Gasteiger partial charge in [-0.05, 0) is 22.9 Å². The quantitative estimate of drug-likeness (QED) is 0.530. The van der Waals surface area contributed by atoms with Crippen LogP contribution < -0.4 is 19.5 Å². The normalized spacial score (nSPS) is 10.8. The molecule has 142 valence electrons. The average molecular weight is 394 g/mol. The molecule has 28 heavy (non-hydrogen) atoms. The molecule has 0 fully saturated rings. The number of carbonyl (C=O) groups excluding carboxylic acids is 1. The molecule has 1 heterocycles. The molecule has 3 aromatic carbocycles. The van der Waals surface area contributed by atoms with Gasteiger partial charge in [0.2, 0.25) is 0 Å². The Labute approximate surface area is 165 Å². The number of ether oxygens (including phenoxy) is 3. The highest BCUT2D eigenvalue weighted by Gasteiger charge is 2.17. The lowest BCUT2D eigenvalue weighted by atomic mass is 10.1. The van der Waals surface area contributed by atoms with Gasteiger partial charge in [0.15, 0.2) is 16.6 Å². The molecule has 0 saturated heterocycles. The summed E-state index contributed by atoms with van der Waals surface area (Å²) in [6, 6.07) is 15.1. The number of nitrogens with one attached hydrogen (secondary N) is 1. The molecular weight excluding hydrogens is 376 g/mol. The number of rotatable bonds is 5. The van der Waals surface area contributed by atoms with Gasteiger partial charge in [-0.25, -0.2) is 4.98 Å². The lowest BCUT2D eigenvalue weighted by molar-refractivity contribution is 0.102. The molecule has 1 N–H and O–H groups in total. The maximum atomic E-state index is 12.9. The second-order valence-corrected chi connectivity index (χ2v) is 7.08. The Kier molecular flexibility index (Phi) is 4.75. The predicted molar refractivity (Wildman–Crippen MR) is 111 cm³/mol. The zero-order valence-corrected chi connectivity index (χ0v) is 16.4. The third-order valence-electron chi connectivity index (χ3n) is 4.43. The van der Waals surface area contributed by atoms with E-state index in [9.17, 15) is 4.79 Å². The van der Waals surface area contributed by atoms with Crippen molar-refractivity contribution in [2.45, 2.75) is 0 Å². The van der Waals surface area contributed by atoms with Crippen LogP contribution in [0.3, 0.4) is 0 Å². The van der Waals surface area contributed by atoms with Crippen molar-refractivity contribution in [3.05, 3.63) is 54.1 Å². The Morgan fingerprint density at radius 3 is 2.21 bits per heavy atom. The third kappa shape index (κ3) is 3.20. The summed E-state index contributed by atoms with van der Waals surface area (Å²) in [5, 5.41) is 5.33. The standard InChI is InChI=1S/C21H18N2O4S/c1-25-16-9-13-7-5-4-6-12(13)8-14(16)20(24)23-21-22-15-10-17(26-2)18(27-3)11-19(15)28-21/h4-11H,1-3H3,(H,22,23,24). The van der Waals surface area contributed by atoms with Crippen molar-refractivity contribution in [1.29, 1.82) is 0 Å². The maximum absolute atomic E-state index is 12.9. The fourth-order valence-electron chi connectivity index (χ4n) is 3.04. The van der Waals surface area contributed by atoms with E-state index in [1.165, 1.54) is 11.3 Å². The van der Waals surface area contributed by atoms with Crippen LogP contribution in [0.2, 0.25) is 0 Å². The Morgan fingerprint density at radius 1 is 0.893 bits per heavy atom. The zero-order chi connectivity index (χ0) is 19.7. The molecule has 6 nitrogen and oxygen atoms in total. The number of hydrogen-bond donors (Lipinski definition) is 1. The van der Waals surface area contributed by atoms with Crippen molar-refractivity contribution in [2.24, 2.45) is 0 Å². The van der Waals surface area contributed by atoms with Crippen molar-refractivity contribution >= 4 is 43.4 Å². The number of fused-ring (bicyclic) bond motifs is 2. The summed E-state index contributed by atoms with van der Waals surface area (Å²) in [6.07, 6.45) is 0. The van der Waals surface area contributed by atoms with Gasteiger partial charge in [0.05, 0.1) is 37.1 Å². The number of aromatic nitrogens is 1. The molecule has 0 aliphatic carbocycles. The number of benzene rings is 3. The molecule has 0 atom stereocenters. The van der Waals surface area contributed by atoms with Gasteiger partial charge in [0.1, 0.15) is 5.75 Å². The zero-order valence-electron chi connectivity index (χ0n) is 15.6. The van der Waals surface area contributed by atoms with Crippen LogP contribution in [0.5, 0.6) is 17.2 Å². The first kappa shape index (κ1) is 18.1. The summed E-state index contributed by atoms with van der Waals surface area (Å²) in [4.78, 5) is 17.4. The predicted octanol–water partition coefficient (Wildman–Crippen LogP) is 4.73. The van der Waals surface area contributed by atoms with Crippen molar-refractivity contribution in [1.82, 2.24) is 4.98 Å². The minimum Gasteiger partial charge on any atom is -0.496 e. The van der Waals surface area contributed by atoms with E-state index in [0.29, 0.717) is 27.9 Å². The Hall–Kier alpha value is -3.32. The first-order chi connectivity index (χ1) is 13.6. The van der Waals surface area contributed by atoms with Gasteiger partial charge >= 0.3 is 0 Å². The van der Waals surface area contributed by atoms with Crippen molar-refractivity contribution in [3.63, 3.8) is 0 Å². The highest BCUT2D eigenvalue weighted by atomic mass is 32.1. The highest BCUT2D eigenvalue weighted by molar-refractivity contribution is 7.22. The van der Waals surface area contributed by atoms with Crippen LogP contribution in [0.1, 0.15) is 10.4 Å². The van der Waals surface area contributed by atoms with E-state index in [-0.39, 0.29) is 5.91 Å². The molecule has 7 heteroatoms. The van der Waals surface area contributed by atoms with Gasteiger partial charge in [0, 0.05) is 12.1 Å². The molecule has 0 bridgehead atoms. The van der Waals surface area contributed by atoms with E-state index < -0.39 is 0 Å². The van der Waals surface area contributed by atoms with E-state index in [0.717, 1.165) is 21.0 Å². The summed E-state index contributed by atoms with van der Waals surface area (Å²) in [5.41, 5.74) is 1.18. The largest absolute Gasteiger partial charge is 0.496 e. The first-order valence-corrected chi connectivity index (χ1v) is 9.35.